The molecule has 0 saturated carbocycles. The van der Waals surface area contributed by atoms with E-state index in [0.717, 1.165) is 10.8 Å². The lowest BCUT2D eigenvalue weighted by atomic mass is 10.1. The van der Waals surface area contributed by atoms with E-state index in [1.165, 1.54) is 11.3 Å². The maximum atomic E-state index is 12.3. The van der Waals surface area contributed by atoms with E-state index in [-0.39, 0.29) is 0 Å². The summed E-state index contributed by atoms with van der Waals surface area (Å²) in [6.07, 6.45) is 0. The molecule has 4 heteroatoms. The van der Waals surface area contributed by atoms with Crippen molar-refractivity contribution in [1.82, 2.24) is 0 Å². The van der Waals surface area contributed by atoms with Crippen LogP contribution in [0.25, 0.3) is 10.8 Å². The molecule has 0 radical (unpaired) electrons. The highest BCUT2D eigenvalue weighted by atomic mass is 32.2. The maximum absolute atomic E-state index is 12.3. The number of sulfone groups is 1. The van der Waals surface area contributed by atoms with Gasteiger partial charge in [0.15, 0.2) is 0 Å². The fourth-order valence-electron chi connectivity index (χ4n) is 1.87. The SMILES string of the molecule is O=S(=O)(c1ccc2ccccc2c1)c1cccs1. The van der Waals surface area contributed by atoms with Gasteiger partial charge in [0.1, 0.15) is 4.21 Å². The van der Waals surface area contributed by atoms with Gasteiger partial charge in [-0.15, -0.1) is 11.3 Å². The third-order valence-corrected chi connectivity index (χ3v) is 5.94. The van der Waals surface area contributed by atoms with E-state index >= 15 is 0 Å². The Morgan fingerprint density at radius 3 is 2.33 bits per heavy atom. The van der Waals surface area contributed by atoms with Crippen molar-refractivity contribution in [3.63, 3.8) is 0 Å². The van der Waals surface area contributed by atoms with E-state index in [9.17, 15) is 8.42 Å². The smallest absolute Gasteiger partial charge is 0.215 e. The highest BCUT2D eigenvalue weighted by molar-refractivity contribution is 7.93. The van der Waals surface area contributed by atoms with Gasteiger partial charge in [-0.05, 0) is 34.4 Å². The van der Waals surface area contributed by atoms with Gasteiger partial charge in [-0.3, -0.25) is 0 Å². The monoisotopic (exact) mass is 274 g/mol. The molecule has 0 unspecified atom stereocenters. The number of benzene rings is 2. The predicted octanol–water partition coefficient (Wildman–Crippen LogP) is 3.73. The van der Waals surface area contributed by atoms with E-state index in [1.54, 1.807) is 29.6 Å². The van der Waals surface area contributed by atoms with Crippen LogP contribution in [0.4, 0.5) is 0 Å². The molecule has 90 valence electrons. The minimum atomic E-state index is -3.37. The molecule has 3 rings (SSSR count). The minimum absolute atomic E-state index is 0.351. The van der Waals surface area contributed by atoms with Crippen LogP contribution >= 0.6 is 11.3 Å². The van der Waals surface area contributed by atoms with Gasteiger partial charge < -0.3 is 0 Å². The van der Waals surface area contributed by atoms with Crippen LogP contribution in [-0.2, 0) is 9.84 Å². The van der Waals surface area contributed by atoms with Crippen molar-refractivity contribution in [2.24, 2.45) is 0 Å². The lowest BCUT2D eigenvalue weighted by molar-refractivity contribution is 0.598. The summed E-state index contributed by atoms with van der Waals surface area (Å²) in [6.45, 7) is 0. The molecule has 0 spiro atoms. The molecule has 0 aliphatic heterocycles. The minimum Gasteiger partial charge on any atom is -0.218 e. The summed E-state index contributed by atoms with van der Waals surface area (Å²) in [5.74, 6) is 0. The van der Waals surface area contributed by atoms with Crippen LogP contribution in [0.15, 0.2) is 69.1 Å². The number of hydrogen-bond acceptors (Lipinski definition) is 3. The molecule has 1 aromatic heterocycles. The molecule has 0 atom stereocenters. The fourth-order valence-corrected chi connectivity index (χ4v) is 4.30. The second-order valence-electron chi connectivity index (χ2n) is 3.94. The molecule has 2 nitrogen and oxygen atoms in total. The van der Waals surface area contributed by atoms with Crippen LogP contribution in [0.3, 0.4) is 0 Å². The molecule has 3 aromatic rings. The average Bonchev–Trinajstić information content (AvgIpc) is 2.92. The number of rotatable bonds is 2. The molecule has 0 fully saturated rings. The molecule has 0 saturated heterocycles. The van der Waals surface area contributed by atoms with Crippen molar-refractivity contribution < 1.29 is 8.42 Å². The first-order valence-electron chi connectivity index (χ1n) is 5.45. The van der Waals surface area contributed by atoms with Crippen LogP contribution in [0.1, 0.15) is 0 Å². The van der Waals surface area contributed by atoms with Crippen LogP contribution in [-0.4, -0.2) is 8.42 Å². The van der Waals surface area contributed by atoms with Crippen molar-refractivity contribution in [3.8, 4) is 0 Å². The van der Waals surface area contributed by atoms with Gasteiger partial charge in [0.05, 0.1) is 4.90 Å². The molecule has 0 amide bonds. The average molecular weight is 274 g/mol. The largest absolute Gasteiger partial charge is 0.218 e. The Bertz CT molecular complexity index is 788. The Morgan fingerprint density at radius 1 is 0.833 bits per heavy atom. The Kier molecular flexibility index (Phi) is 2.69. The molecule has 0 aliphatic carbocycles. The summed E-state index contributed by atoms with van der Waals surface area (Å²) in [5, 5.41) is 3.76. The Morgan fingerprint density at radius 2 is 1.61 bits per heavy atom. The highest BCUT2D eigenvalue weighted by Crippen LogP contribution is 2.27. The van der Waals surface area contributed by atoms with Crippen LogP contribution in [0.2, 0.25) is 0 Å². The lowest BCUT2D eigenvalue weighted by Gasteiger charge is -2.03. The van der Waals surface area contributed by atoms with Crippen molar-refractivity contribution in [2.75, 3.05) is 0 Å². The van der Waals surface area contributed by atoms with Gasteiger partial charge in [0.25, 0.3) is 0 Å². The molecule has 1 heterocycles. The quantitative estimate of drug-likeness (QED) is 0.713. The molecule has 2 aromatic carbocycles. The van der Waals surface area contributed by atoms with Crippen molar-refractivity contribution in [2.45, 2.75) is 9.10 Å². The van der Waals surface area contributed by atoms with Gasteiger partial charge in [-0.25, -0.2) is 8.42 Å². The van der Waals surface area contributed by atoms with Crippen molar-refractivity contribution >= 4 is 31.9 Å². The maximum Gasteiger partial charge on any atom is 0.215 e. The zero-order valence-corrected chi connectivity index (χ0v) is 11.0. The van der Waals surface area contributed by atoms with Crippen LogP contribution < -0.4 is 0 Å². The number of hydrogen-bond donors (Lipinski definition) is 0. The topological polar surface area (TPSA) is 34.1 Å². The fraction of sp³-hybridized carbons (Fsp3) is 0. The van der Waals surface area contributed by atoms with Crippen LogP contribution in [0, 0.1) is 0 Å². The summed E-state index contributed by atoms with van der Waals surface area (Å²) < 4.78 is 25.1. The standard InChI is InChI=1S/C14H10O2S2/c15-18(16,14-6-3-9-17-14)13-8-7-11-4-1-2-5-12(11)10-13/h1-10H. The van der Waals surface area contributed by atoms with Crippen molar-refractivity contribution in [3.05, 3.63) is 60.0 Å². The van der Waals surface area contributed by atoms with Crippen LogP contribution in [0.5, 0.6) is 0 Å². The van der Waals surface area contributed by atoms with Gasteiger partial charge >= 0.3 is 0 Å². The summed E-state index contributed by atoms with van der Waals surface area (Å²) in [7, 11) is -3.37. The Balaban J connectivity index is 2.21. The van der Waals surface area contributed by atoms with Crippen molar-refractivity contribution in [1.29, 1.82) is 0 Å². The van der Waals surface area contributed by atoms with E-state index in [1.807, 2.05) is 30.3 Å². The van der Waals surface area contributed by atoms with Gasteiger partial charge in [-0.1, -0.05) is 36.4 Å². The molecular formula is C14H10O2S2. The third-order valence-electron chi connectivity index (χ3n) is 2.79. The molecular weight excluding hydrogens is 264 g/mol. The molecule has 0 aliphatic rings. The highest BCUT2D eigenvalue weighted by Gasteiger charge is 2.18. The molecule has 18 heavy (non-hydrogen) atoms. The first-order chi connectivity index (χ1) is 8.68. The summed E-state index contributed by atoms with van der Waals surface area (Å²) in [6, 6.07) is 16.4. The van der Waals surface area contributed by atoms with E-state index in [0.29, 0.717) is 9.10 Å². The number of thiophene rings is 1. The first kappa shape index (κ1) is 11.4. The number of fused-ring (bicyclic) bond motifs is 1. The normalized spacial score (nSPS) is 11.8. The lowest BCUT2D eigenvalue weighted by Crippen LogP contribution is -1.99. The van der Waals surface area contributed by atoms with E-state index < -0.39 is 9.84 Å². The summed E-state index contributed by atoms with van der Waals surface area (Å²) in [5.41, 5.74) is 0. The van der Waals surface area contributed by atoms with Gasteiger partial charge in [-0.2, -0.15) is 0 Å². The van der Waals surface area contributed by atoms with E-state index in [2.05, 4.69) is 0 Å². The third kappa shape index (κ3) is 1.83. The molecule has 0 N–H and O–H groups in total. The zero-order valence-electron chi connectivity index (χ0n) is 9.41. The summed E-state index contributed by atoms with van der Waals surface area (Å²) in [4.78, 5) is 0.351. The Labute approximate surface area is 109 Å². The summed E-state index contributed by atoms with van der Waals surface area (Å²) >= 11 is 1.24. The first-order valence-corrected chi connectivity index (χ1v) is 7.81. The second-order valence-corrected chi connectivity index (χ2v) is 7.07. The Hall–Kier alpha value is -1.65. The molecule has 0 bridgehead atoms. The predicted molar refractivity (Wildman–Crippen MR) is 73.7 cm³/mol. The van der Waals surface area contributed by atoms with Gasteiger partial charge in [0.2, 0.25) is 9.84 Å². The van der Waals surface area contributed by atoms with E-state index in [4.69, 9.17) is 0 Å². The zero-order chi connectivity index (χ0) is 12.6. The van der Waals surface area contributed by atoms with Gasteiger partial charge in [0, 0.05) is 0 Å². The second kappa shape index (κ2) is 4.23.